The number of hydrogen-bond donors (Lipinski definition) is 2. The summed E-state index contributed by atoms with van der Waals surface area (Å²) in [6.45, 7) is 7.50. The molecular weight excluding hydrogens is 479 g/mol. The van der Waals surface area contributed by atoms with Crippen LogP contribution in [0.15, 0.2) is 59.6 Å². The fourth-order valence-electron chi connectivity index (χ4n) is 3.00. The number of nitrogens with zero attached hydrogens (tertiary/aromatic N) is 2. The average Bonchev–Trinajstić information content (AvgIpc) is 3.24. The number of anilines is 2. The molecule has 0 aromatic heterocycles. The maximum atomic E-state index is 6.10. The number of rotatable bonds is 8. The molecule has 3 N–H and O–H groups in total. The van der Waals surface area contributed by atoms with Gasteiger partial charge in [0.2, 0.25) is 0 Å². The highest BCUT2D eigenvalue weighted by molar-refractivity contribution is 14.0. The summed E-state index contributed by atoms with van der Waals surface area (Å²) < 4.78 is 11.2. The number of guanidine groups is 1. The van der Waals surface area contributed by atoms with Gasteiger partial charge in [-0.15, -0.1) is 24.0 Å². The Morgan fingerprint density at radius 2 is 1.72 bits per heavy atom. The summed E-state index contributed by atoms with van der Waals surface area (Å²) >= 11 is 0. The SMILES string of the molecule is CCOc1ccc(OCC)c(NC(N)=NCc2ccc(N3CC=CC3)cc2)c1.I. The fourth-order valence-corrected chi connectivity index (χ4v) is 3.00. The van der Waals surface area contributed by atoms with Gasteiger partial charge in [-0.05, 0) is 43.7 Å². The maximum Gasteiger partial charge on any atom is 0.193 e. The van der Waals surface area contributed by atoms with Crippen molar-refractivity contribution in [3.05, 3.63) is 60.2 Å². The number of halogens is 1. The van der Waals surface area contributed by atoms with Crippen LogP contribution >= 0.6 is 24.0 Å². The van der Waals surface area contributed by atoms with Crippen LogP contribution in [0, 0.1) is 0 Å². The van der Waals surface area contributed by atoms with E-state index in [0.717, 1.165) is 30.1 Å². The Morgan fingerprint density at radius 3 is 2.38 bits per heavy atom. The first-order valence-electron chi connectivity index (χ1n) is 9.65. The van der Waals surface area contributed by atoms with Crippen molar-refractivity contribution in [2.24, 2.45) is 10.7 Å². The number of aliphatic imine (C=N–C) groups is 1. The average molecular weight is 508 g/mol. The van der Waals surface area contributed by atoms with Crippen LogP contribution in [0.5, 0.6) is 11.5 Å². The predicted octanol–water partition coefficient (Wildman–Crippen LogP) is 4.41. The number of ether oxygens (including phenoxy) is 2. The van der Waals surface area contributed by atoms with Crippen LogP contribution < -0.4 is 25.4 Å². The first-order chi connectivity index (χ1) is 13.7. The fraction of sp³-hybridized carbons (Fsp3) is 0.318. The Kier molecular flexibility index (Phi) is 9.11. The number of hydrogen-bond acceptors (Lipinski definition) is 4. The topological polar surface area (TPSA) is 72.1 Å². The molecule has 0 amide bonds. The molecule has 2 aromatic rings. The summed E-state index contributed by atoms with van der Waals surface area (Å²) in [4.78, 5) is 6.76. The zero-order valence-electron chi connectivity index (χ0n) is 16.9. The van der Waals surface area contributed by atoms with Crippen LogP contribution in [0.1, 0.15) is 19.4 Å². The molecule has 0 spiro atoms. The van der Waals surface area contributed by atoms with Crippen molar-refractivity contribution < 1.29 is 9.47 Å². The largest absolute Gasteiger partial charge is 0.494 e. The van der Waals surface area contributed by atoms with Crippen molar-refractivity contribution >= 4 is 41.3 Å². The molecule has 6 nitrogen and oxygen atoms in total. The van der Waals surface area contributed by atoms with E-state index in [1.54, 1.807) is 0 Å². The molecule has 7 heteroatoms. The van der Waals surface area contributed by atoms with E-state index in [1.807, 2.05) is 32.0 Å². The Labute approximate surface area is 189 Å². The Bertz CT molecular complexity index is 829. The van der Waals surface area contributed by atoms with Gasteiger partial charge in [0.15, 0.2) is 5.96 Å². The Morgan fingerprint density at radius 1 is 1.03 bits per heavy atom. The third kappa shape index (κ3) is 6.56. The van der Waals surface area contributed by atoms with E-state index in [-0.39, 0.29) is 24.0 Å². The van der Waals surface area contributed by atoms with Gasteiger partial charge in [0, 0.05) is 24.8 Å². The number of nitrogens with two attached hydrogens (primary N) is 1. The second-order valence-electron chi connectivity index (χ2n) is 6.39. The molecule has 0 unspecified atom stereocenters. The van der Waals surface area contributed by atoms with E-state index in [1.165, 1.54) is 5.69 Å². The summed E-state index contributed by atoms with van der Waals surface area (Å²) in [5.41, 5.74) is 9.17. The van der Waals surface area contributed by atoms with Crippen LogP contribution in [0.3, 0.4) is 0 Å². The second kappa shape index (κ2) is 11.5. The highest BCUT2D eigenvalue weighted by atomic mass is 127. The number of benzene rings is 2. The molecule has 0 fully saturated rings. The van der Waals surface area contributed by atoms with Gasteiger partial charge in [-0.1, -0.05) is 24.3 Å². The van der Waals surface area contributed by atoms with Crippen LogP contribution in [-0.2, 0) is 6.54 Å². The van der Waals surface area contributed by atoms with Crippen molar-refractivity contribution in [2.75, 3.05) is 36.5 Å². The minimum absolute atomic E-state index is 0. The van der Waals surface area contributed by atoms with E-state index >= 15 is 0 Å². The molecule has 29 heavy (non-hydrogen) atoms. The van der Waals surface area contributed by atoms with Gasteiger partial charge in [-0.3, -0.25) is 0 Å². The molecule has 156 valence electrons. The van der Waals surface area contributed by atoms with Crippen molar-refractivity contribution in [2.45, 2.75) is 20.4 Å². The second-order valence-corrected chi connectivity index (χ2v) is 6.39. The lowest BCUT2D eigenvalue weighted by Gasteiger charge is -2.17. The van der Waals surface area contributed by atoms with Gasteiger partial charge in [0.05, 0.1) is 25.4 Å². The molecule has 0 bridgehead atoms. The van der Waals surface area contributed by atoms with E-state index in [4.69, 9.17) is 15.2 Å². The minimum Gasteiger partial charge on any atom is -0.494 e. The molecular formula is C22H29IN4O2. The van der Waals surface area contributed by atoms with Crippen LogP contribution in [0.25, 0.3) is 0 Å². The first-order valence-corrected chi connectivity index (χ1v) is 9.65. The van der Waals surface area contributed by atoms with E-state index in [0.29, 0.717) is 31.5 Å². The van der Waals surface area contributed by atoms with Gasteiger partial charge < -0.3 is 25.4 Å². The third-order valence-corrected chi connectivity index (χ3v) is 4.38. The van der Waals surface area contributed by atoms with Gasteiger partial charge in [0.25, 0.3) is 0 Å². The Hall–Kier alpha value is -2.42. The summed E-state index contributed by atoms with van der Waals surface area (Å²) in [6, 6.07) is 14.0. The molecule has 1 heterocycles. The molecule has 0 saturated carbocycles. The predicted molar refractivity (Wildman–Crippen MR) is 131 cm³/mol. The third-order valence-electron chi connectivity index (χ3n) is 4.38. The van der Waals surface area contributed by atoms with E-state index in [9.17, 15) is 0 Å². The summed E-state index contributed by atoms with van der Waals surface area (Å²) in [5.74, 6) is 1.81. The molecule has 1 aliphatic rings. The van der Waals surface area contributed by atoms with Gasteiger partial charge in [-0.25, -0.2) is 4.99 Å². The zero-order valence-corrected chi connectivity index (χ0v) is 19.3. The lowest BCUT2D eigenvalue weighted by Crippen LogP contribution is -2.23. The lowest BCUT2D eigenvalue weighted by atomic mass is 10.2. The standard InChI is InChI=1S/C22H28N4O2.HI/c1-3-27-19-11-12-21(28-4-2)20(15-19)25-22(23)24-16-17-7-9-18(10-8-17)26-13-5-6-14-26;/h5-12,15H,3-4,13-14,16H2,1-2H3,(H3,23,24,25);1H. The van der Waals surface area contributed by atoms with Crippen molar-refractivity contribution in [1.29, 1.82) is 0 Å². The molecule has 3 rings (SSSR count). The molecule has 0 aliphatic carbocycles. The smallest absolute Gasteiger partial charge is 0.193 e. The molecule has 0 saturated heterocycles. The monoisotopic (exact) mass is 508 g/mol. The molecule has 0 atom stereocenters. The van der Waals surface area contributed by atoms with E-state index in [2.05, 4.69) is 51.6 Å². The zero-order chi connectivity index (χ0) is 19.8. The summed E-state index contributed by atoms with van der Waals surface area (Å²) in [5, 5.41) is 3.13. The highest BCUT2D eigenvalue weighted by Gasteiger charge is 2.08. The van der Waals surface area contributed by atoms with Crippen LogP contribution in [-0.4, -0.2) is 32.3 Å². The molecule has 1 aliphatic heterocycles. The minimum atomic E-state index is 0. The normalized spacial score (nSPS) is 13.2. The number of nitrogens with one attached hydrogen (secondary N) is 1. The first kappa shape index (κ1) is 22.9. The van der Waals surface area contributed by atoms with Gasteiger partial charge in [-0.2, -0.15) is 0 Å². The maximum absolute atomic E-state index is 6.10. The quantitative estimate of drug-likeness (QED) is 0.239. The Balaban J connectivity index is 0.00000300. The van der Waals surface area contributed by atoms with Crippen molar-refractivity contribution in [3.8, 4) is 11.5 Å². The lowest BCUT2D eigenvalue weighted by molar-refractivity contribution is 0.332. The van der Waals surface area contributed by atoms with Crippen LogP contribution in [0.2, 0.25) is 0 Å². The molecule has 0 radical (unpaired) electrons. The van der Waals surface area contributed by atoms with Crippen LogP contribution in [0.4, 0.5) is 11.4 Å². The van der Waals surface area contributed by atoms with Crippen molar-refractivity contribution in [1.82, 2.24) is 0 Å². The molecule has 2 aromatic carbocycles. The van der Waals surface area contributed by atoms with Gasteiger partial charge in [0.1, 0.15) is 11.5 Å². The van der Waals surface area contributed by atoms with Crippen molar-refractivity contribution in [3.63, 3.8) is 0 Å². The highest BCUT2D eigenvalue weighted by Crippen LogP contribution is 2.29. The summed E-state index contributed by atoms with van der Waals surface area (Å²) in [6.07, 6.45) is 4.36. The van der Waals surface area contributed by atoms with Gasteiger partial charge >= 0.3 is 0 Å². The summed E-state index contributed by atoms with van der Waals surface area (Å²) in [7, 11) is 0. The van der Waals surface area contributed by atoms with E-state index < -0.39 is 0 Å².